The quantitative estimate of drug-likeness (QED) is 0.324. The fourth-order valence-electron chi connectivity index (χ4n) is 1.41. The normalized spacial score (nSPS) is 11.1. The van der Waals surface area contributed by atoms with Gasteiger partial charge in [0.2, 0.25) is 0 Å². The summed E-state index contributed by atoms with van der Waals surface area (Å²) >= 11 is 0. The zero-order valence-electron chi connectivity index (χ0n) is 12.3. The summed E-state index contributed by atoms with van der Waals surface area (Å²) in [5.41, 5.74) is 6.65. The van der Waals surface area contributed by atoms with Gasteiger partial charge in [-0.1, -0.05) is 13.8 Å². The van der Waals surface area contributed by atoms with Crippen LogP contribution in [0.4, 0.5) is 5.69 Å². The summed E-state index contributed by atoms with van der Waals surface area (Å²) in [6, 6.07) is 7.50. The molecule has 0 bridgehead atoms. The predicted molar refractivity (Wildman–Crippen MR) is 94.2 cm³/mol. The summed E-state index contributed by atoms with van der Waals surface area (Å²) in [5, 5.41) is 3.01. The van der Waals surface area contributed by atoms with E-state index in [0.29, 0.717) is 25.0 Å². The number of ether oxygens (including phenoxy) is 2. The van der Waals surface area contributed by atoms with Crippen LogP contribution < -0.4 is 15.8 Å². The van der Waals surface area contributed by atoms with Gasteiger partial charge in [-0.05, 0) is 30.2 Å². The summed E-state index contributed by atoms with van der Waals surface area (Å²) < 4.78 is 10.5. The van der Waals surface area contributed by atoms with E-state index in [0.717, 1.165) is 18.0 Å². The van der Waals surface area contributed by atoms with E-state index < -0.39 is 0 Å². The Morgan fingerprint density at radius 3 is 2.50 bits per heavy atom. The van der Waals surface area contributed by atoms with Crippen LogP contribution in [0.25, 0.3) is 0 Å². The third kappa shape index (κ3) is 8.21. The number of guanidine groups is 1. The Balaban J connectivity index is 0.00000361. The van der Waals surface area contributed by atoms with Gasteiger partial charge in [-0.15, -0.1) is 24.0 Å². The minimum absolute atomic E-state index is 0. The molecule has 114 valence electrons. The van der Waals surface area contributed by atoms with E-state index in [-0.39, 0.29) is 24.0 Å². The number of nitrogens with zero attached hydrogens (tertiary/aromatic N) is 1. The second-order valence-electron chi connectivity index (χ2n) is 4.59. The van der Waals surface area contributed by atoms with E-state index in [1.165, 1.54) is 0 Å². The highest BCUT2D eigenvalue weighted by Crippen LogP contribution is 2.14. The molecular formula is C14H24IN3O2. The lowest BCUT2D eigenvalue weighted by Gasteiger charge is -2.07. The highest BCUT2D eigenvalue weighted by Gasteiger charge is 1.96. The first-order chi connectivity index (χ1) is 9.11. The Bertz CT molecular complexity index is 394. The number of methoxy groups -OCH3 is 1. The maximum absolute atomic E-state index is 5.77. The number of halogens is 1. The van der Waals surface area contributed by atoms with Crippen molar-refractivity contribution in [3.63, 3.8) is 0 Å². The molecule has 0 unspecified atom stereocenters. The lowest BCUT2D eigenvalue weighted by atomic mass is 10.2. The second-order valence-corrected chi connectivity index (χ2v) is 4.59. The van der Waals surface area contributed by atoms with Crippen LogP contribution in [0, 0.1) is 5.92 Å². The molecule has 0 heterocycles. The van der Waals surface area contributed by atoms with Crippen molar-refractivity contribution in [2.24, 2.45) is 16.6 Å². The Morgan fingerprint density at radius 2 is 1.95 bits per heavy atom. The Morgan fingerprint density at radius 1 is 1.30 bits per heavy atom. The number of hydrogen-bond donors (Lipinski definition) is 2. The van der Waals surface area contributed by atoms with Crippen LogP contribution in [0.2, 0.25) is 0 Å². The van der Waals surface area contributed by atoms with E-state index in [2.05, 4.69) is 24.2 Å². The molecule has 0 spiro atoms. The van der Waals surface area contributed by atoms with Crippen molar-refractivity contribution in [2.75, 3.05) is 32.2 Å². The van der Waals surface area contributed by atoms with E-state index >= 15 is 0 Å². The second kappa shape index (κ2) is 10.7. The number of nitrogens with one attached hydrogen (secondary N) is 1. The van der Waals surface area contributed by atoms with Crippen LogP contribution in [0.5, 0.6) is 5.75 Å². The van der Waals surface area contributed by atoms with Crippen molar-refractivity contribution in [3.05, 3.63) is 24.3 Å². The molecule has 0 aliphatic carbocycles. The number of hydrogen-bond acceptors (Lipinski definition) is 3. The highest BCUT2D eigenvalue weighted by molar-refractivity contribution is 14.0. The molecule has 0 fully saturated rings. The number of aliphatic imine (C=N–C) groups is 1. The van der Waals surface area contributed by atoms with Crippen LogP contribution in [0.3, 0.4) is 0 Å². The zero-order valence-corrected chi connectivity index (χ0v) is 14.6. The summed E-state index contributed by atoms with van der Waals surface area (Å²) in [4.78, 5) is 4.19. The maximum Gasteiger partial charge on any atom is 0.193 e. The molecule has 0 aliphatic rings. The lowest BCUT2D eigenvalue weighted by Crippen LogP contribution is -2.23. The summed E-state index contributed by atoms with van der Waals surface area (Å²) in [7, 11) is 1.63. The maximum atomic E-state index is 5.77. The fourth-order valence-corrected chi connectivity index (χ4v) is 1.41. The summed E-state index contributed by atoms with van der Waals surface area (Å²) in [6.07, 6.45) is 0. The van der Waals surface area contributed by atoms with Gasteiger partial charge in [0.1, 0.15) is 5.75 Å². The average molecular weight is 393 g/mol. The van der Waals surface area contributed by atoms with Crippen molar-refractivity contribution in [1.29, 1.82) is 0 Å². The van der Waals surface area contributed by atoms with Gasteiger partial charge in [-0.2, -0.15) is 0 Å². The smallest absolute Gasteiger partial charge is 0.193 e. The van der Waals surface area contributed by atoms with Gasteiger partial charge in [0.15, 0.2) is 5.96 Å². The Labute approximate surface area is 138 Å². The number of benzene rings is 1. The number of nitrogens with two attached hydrogens (primary N) is 1. The highest BCUT2D eigenvalue weighted by atomic mass is 127. The summed E-state index contributed by atoms with van der Waals surface area (Å²) in [6.45, 7) is 6.12. The molecule has 1 rings (SSSR count). The molecule has 0 aliphatic heterocycles. The van der Waals surface area contributed by atoms with Crippen LogP contribution >= 0.6 is 24.0 Å². The topological polar surface area (TPSA) is 68.9 Å². The largest absolute Gasteiger partial charge is 0.497 e. The first-order valence-corrected chi connectivity index (χ1v) is 6.40. The summed E-state index contributed by atoms with van der Waals surface area (Å²) in [5.74, 6) is 1.74. The minimum atomic E-state index is 0. The van der Waals surface area contributed by atoms with Crippen LogP contribution in [0.1, 0.15) is 13.8 Å². The number of rotatable bonds is 7. The van der Waals surface area contributed by atoms with Crippen molar-refractivity contribution >= 4 is 35.6 Å². The third-order valence-electron chi connectivity index (χ3n) is 2.33. The molecule has 1 aromatic carbocycles. The molecule has 1 aromatic rings. The molecule has 0 aromatic heterocycles. The molecule has 0 saturated heterocycles. The van der Waals surface area contributed by atoms with Gasteiger partial charge >= 0.3 is 0 Å². The molecule has 3 N–H and O–H groups in total. The molecule has 0 amide bonds. The van der Waals surface area contributed by atoms with Crippen molar-refractivity contribution in [2.45, 2.75) is 13.8 Å². The first-order valence-electron chi connectivity index (χ1n) is 6.40. The molecule has 0 atom stereocenters. The van der Waals surface area contributed by atoms with Gasteiger partial charge in [-0.25, -0.2) is 0 Å². The van der Waals surface area contributed by atoms with Crippen LogP contribution in [0.15, 0.2) is 29.3 Å². The van der Waals surface area contributed by atoms with E-state index in [9.17, 15) is 0 Å². The average Bonchev–Trinajstić information content (AvgIpc) is 2.39. The van der Waals surface area contributed by atoms with E-state index in [4.69, 9.17) is 15.2 Å². The Kier molecular flexibility index (Phi) is 10.2. The molecule has 0 radical (unpaired) electrons. The van der Waals surface area contributed by atoms with Gasteiger partial charge in [0, 0.05) is 12.3 Å². The van der Waals surface area contributed by atoms with Crippen molar-refractivity contribution in [3.8, 4) is 5.75 Å². The SMILES string of the molecule is COc1ccc(NC(N)=NCCOCC(C)C)cc1.I. The Hall–Kier alpha value is -1.02. The monoisotopic (exact) mass is 393 g/mol. The van der Waals surface area contributed by atoms with Gasteiger partial charge in [0.05, 0.1) is 20.3 Å². The molecule has 5 nitrogen and oxygen atoms in total. The van der Waals surface area contributed by atoms with Crippen molar-refractivity contribution in [1.82, 2.24) is 0 Å². The lowest BCUT2D eigenvalue weighted by molar-refractivity contribution is 0.117. The predicted octanol–water partition coefficient (Wildman–Crippen LogP) is 2.71. The van der Waals surface area contributed by atoms with Crippen LogP contribution in [-0.2, 0) is 4.74 Å². The van der Waals surface area contributed by atoms with Gasteiger partial charge in [0.25, 0.3) is 0 Å². The fraction of sp³-hybridized carbons (Fsp3) is 0.500. The molecular weight excluding hydrogens is 369 g/mol. The zero-order chi connectivity index (χ0) is 14.1. The number of anilines is 1. The molecule has 0 saturated carbocycles. The standard InChI is InChI=1S/C14H23N3O2.HI/c1-11(2)10-19-9-8-16-14(15)17-12-4-6-13(18-3)7-5-12;/h4-7,11H,8-10H2,1-3H3,(H3,15,16,17);1H. The first kappa shape index (κ1) is 19.0. The van der Waals surface area contributed by atoms with Gasteiger partial charge < -0.3 is 20.5 Å². The van der Waals surface area contributed by atoms with E-state index in [1.54, 1.807) is 7.11 Å². The van der Waals surface area contributed by atoms with Crippen LogP contribution in [-0.4, -0.2) is 32.8 Å². The van der Waals surface area contributed by atoms with Crippen molar-refractivity contribution < 1.29 is 9.47 Å². The van der Waals surface area contributed by atoms with Gasteiger partial charge in [-0.3, -0.25) is 4.99 Å². The van der Waals surface area contributed by atoms with E-state index in [1.807, 2.05) is 24.3 Å². The minimum Gasteiger partial charge on any atom is -0.497 e. The third-order valence-corrected chi connectivity index (χ3v) is 2.33. The molecule has 20 heavy (non-hydrogen) atoms. The molecule has 6 heteroatoms.